The summed E-state index contributed by atoms with van der Waals surface area (Å²) < 4.78 is 4.88. The molecular formula is C14H23Cl2N3O3S. The van der Waals surface area contributed by atoms with Crippen LogP contribution in [0.2, 0.25) is 0 Å². The minimum atomic E-state index is -0.426. The molecule has 0 aromatic carbocycles. The Balaban J connectivity index is 0.00000242. The van der Waals surface area contributed by atoms with E-state index in [0.717, 1.165) is 19.3 Å². The molecule has 1 aromatic heterocycles. The van der Waals surface area contributed by atoms with Crippen molar-refractivity contribution in [3.63, 3.8) is 0 Å². The van der Waals surface area contributed by atoms with Crippen LogP contribution in [0.4, 0.5) is 0 Å². The molecule has 9 heteroatoms. The van der Waals surface area contributed by atoms with Gasteiger partial charge < -0.3 is 15.8 Å². The Kier molecular flexibility index (Phi) is 10.4. The van der Waals surface area contributed by atoms with E-state index in [1.807, 2.05) is 0 Å². The summed E-state index contributed by atoms with van der Waals surface area (Å²) in [6.45, 7) is 2.98. The smallest absolute Gasteiger partial charge is 0.357 e. The van der Waals surface area contributed by atoms with Gasteiger partial charge in [-0.1, -0.05) is 6.42 Å². The lowest BCUT2D eigenvalue weighted by molar-refractivity contribution is -0.126. The number of esters is 1. The van der Waals surface area contributed by atoms with E-state index in [2.05, 4.69) is 10.3 Å². The molecule has 0 aliphatic heterocycles. The number of aromatic nitrogens is 1. The molecule has 0 radical (unpaired) electrons. The van der Waals surface area contributed by atoms with Gasteiger partial charge in [0.15, 0.2) is 5.69 Å². The van der Waals surface area contributed by atoms with Crippen LogP contribution in [0.3, 0.4) is 0 Å². The van der Waals surface area contributed by atoms with E-state index in [-0.39, 0.29) is 42.6 Å². The lowest BCUT2D eigenvalue weighted by atomic mass is 9.95. The number of carbonyl (C=O) groups excluding carboxylic acids is 2. The highest BCUT2D eigenvalue weighted by Gasteiger charge is 2.31. The van der Waals surface area contributed by atoms with E-state index in [1.54, 1.807) is 12.3 Å². The summed E-state index contributed by atoms with van der Waals surface area (Å²) in [5.74, 6) is -0.0861. The molecule has 0 bridgehead atoms. The molecule has 23 heavy (non-hydrogen) atoms. The summed E-state index contributed by atoms with van der Waals surface area (Å²) in [7, 11) is 0. The molecule has 1 aliphatic carbocycles. The Hall–Kier alpha value is -0.890. The standard InChI is InChI=1S/C14H21N3O3S.2ClH/c1-2-20-14(19)11-8-21-12(17-11)7-16-13(18)10-5-3-4-9(10)6-15;;/h8-10H,2-7,15H2,1H3,(H,16,18);2*1H/t9-,10-;;/m1../s1. The van der Waals surface area contributed by atoms with Crippen LogP contribution >= 0.6 is 36.2 Å². The van der Waals surface area contributed by atoms with Gasteiger partial charge in [0, 0.05) is 11.3 Å². The third kappa shape index (κ3) is 5.91. The summed E-state index contributed by atoms with van der Waals surface area (Å²) >= 11 is 1.34. The molecule has 1 saturated carbocycles. The van der Waals surface area contributed by atoms with E-state index in [1.165, 1.54) is 11.3 Å². The van der Waals surface area contributed by atoms with E-state index in [0.29, 0.717) is 30.4 Å². The molecule has 6 nitrogen and oxygen atoms in total. The third-order valence-electron chi connectivity index (χ3n) is 3.75. The normalized spacial score (nSPS) is 19.4. The molecule has 1 aromatic rings. The Morgan fingerprint density at radius 3 is 2.83 bits per heavy atom. The fraction of sp³-hybridized carbons (Fsp3) is 0.643. The first-order chi connectivity index (χ1) is 10.2. The first-order valence-electron chi connectivity index (χ1n) is 7.25. The number of hydrogen-bond acceptors (Lipinski definition) is 6. The molecule has 2 atom stereocenters. The van der Waals surface area contributed by atoms with Crippen LogP contribution in [-0.2, 0) is 16.1 Å². The van der Waals surface area contributed by atoms with Crippen molar-refractivity contribution >= 4 is 48.0 Å². The van der Waals surface area contributed by atoms with Crippen molar-refractivity contribution in [3.8, 4) is 0 Å². The topological polar surface area (TPSA) is 94.3 Å². The van der Waals surface area contributed by atoms with E-state index < -0.39 is 5.97 Å². The van der Waals surface area contributed by atoms with Crippen LogP contribution in [0, 0.1) is 11.8 Å². The van der Waals surface area contributed by atoms with Gasteiger partial charge in [-0.05, 0) is 32.2 Å². The molecule has 1 aliphatic rings. The fourth-order valence-electron chi connectivity index (χ4n) is 2.65. The van der Waals surface area contributed by atoms with Crippen molar-refractivity contribution in [3.05, 3.63) is 16.1 Å². The number of ether oxygens (including phenoxy) is 1. The number of nitrogens with two attached hydrogens (primary N) is 1. The predicted octanol–water partition coefficient (Wildman–Crippen LogP) is 2.15. The zero-order chi connectivity index (χ0) is 15.2. The molecule has 1 heterocycles. The van der Waals surface area contributed by atoms with Crippen molar-refractivity contribution < 1.29 is 14.3 Å². The predicted molar refractivity (Wildman–Crippen MR) is 94.3 cm³/mol. The Bertz CT molecular complexity index is 513. The van der Waals surface area contributed by atoms with E-state index in [9.17, 15) is 9.59 Å². The number of nitrogens with zero attached hydrogens (tertiary/aromatic N) is 1. The fourth-order valence-corrected chi connectivity index (χ4v) is 3.35. The second kappa shape index (κ2) is 10.8. The summed E-state index contributed by atoms with van der Waals surface area (Å²) in [6.07, 6.45) is 2.99. The Morgan fingerprint density at radius 1 is 1.43 bits per heavy atom. The molecule has 0 spiro atoms. The first-order valence-corrected chi connectivity index (χ1v) is 8.13. The van der Waals surface area contributed by atoms with Crippen molar-refractivity contribution in [1.82, 2.24) is 10.3 Å². The van der Waals surface area contributed by atoms with Gasteiger partial charge in [-0.2, -0.15) is 0 Å². The maximum Gasteiger partial charge on any atom is 0.357 e. The number of halogens is 2. The number of rotatable bonds is 6. The van der Waals surface area contributed by atoms with Gasteiger partial charge in [0.2, 0.25) is 5.91 Å². The molecule has 1 amide bonds. The lowest BCUT2D eigenvalue weighted by Gasteiger charge is -2.16. The number of thiazole rings is 1. The highest BCUT2D eigenvalue weighted by Crippen LogP contribution is 2.31. The van der Waals surface area contributed by atoms with Gasteiger partial charge in [0.25, 0.3) is 0 Å². The number of hydrogen-bond donors (Lipinski definition) is 2. The number of carbonyl (C=O) groups is 2. The van der Waals surface area contributed by atoms with Crippen molar-refractivity contribution in [2.24, 2.45) is 17.6 Å². The third-order valence-corrected chi connectivity index (χ3v) is 4.60. The molecule has 1 fully saturated rings. The SMILES string of the molecule is CCOC(=O)c1csc(CNC(=O)[C@@H]2CCC[C@@H]2CN)n1.Cl.Cl. The zero-order valence-electron chi connectivity index (χ0n) is 12.9. The summed E-state index contributed by atoms with van der Waals surface area (Å²) in [4.78, 5) is 27.8. The summed E-state index contributed by atoms with van der Waals surface area (Å²) in [6, 6.07) is 0. The minimum absolute atomic E-state index is 0. The average Bonchev–Trinajstić information content (AvgIpc) is 3.13. The maximum atomic E-state index is 12.1. The monoisotopic (exact) mass is 383 g/mol. The second-order valence-electron chi connectivity index (χ2n) is 5.10. The van der Waals surface area contributed by atoms with Gasteiger partial charge in [-0.3, -0.25) is 4.79 Å². The summed E-state index contributed by atoms with van der Waals surface area (Å²) in [5.41, 5.74) is 5.99. The molecule has 0 unspecified atom stereocenters. The molecule has 2 rings (SSSR count). The number of nitrogens with one attached hydrogen (secondary N) is 1. The van der Waals surface area contributed by atoms with Crippen LogP contribution < -0.4 is 11.1 Å². The Labute approximate surface area is 152 Å². The Morgan fingerprint density at radius 2 is 2.17 bits per heavy atom. The highest BCUT2D eigenvalue weighted by atomic mass is 35.5. The van der Waals surface area contributed by atoms with Crippen molar-refractivity contribution in [2.45, 2.75) is 32.7 Å². The average molecular weight is 384 g/mol. The largest absolute Gasteiger partial charge is 0.461 e. The van der Waals surface area contributed by atoms with Crippen LogP contribution in [0.5, 0.6) is 0 Å². The van der Waals surface area contributed by atoms with Gasteiger partial charge in [0.05, 0.1) is 13.2 Å². The second-order valence-corrected chi connectivity index (χ2v) is 6.04. The van der Waals surface area contributed by atoms with Crippen molar-refractivity contribution in [1.29, 1.82) is 0 Å². The summed E-state index contributed by atoms with van der Waals surface area (Å²) in [5, 5.41) is 5.24. The molecule has 0 saturated heterocycles. The van der Waals surface area contributed by atoms with Crippen LogP contribution in [0.1, 0.15) is 41.7 Å². The first kappa shape index (κ1) is 22.1. The van der Waals surface area contributed by atoms with Gasteiger partial charge in [-0.15, -0.1) is 36.2 Å². The number of amides is 1. The molecule has 3 N–H and O–H groups in total. The van der Waals surface area contributed by atoms with Gasteiger partial charge in [-0.25, -0.2) is 9.78 Å². The van der Waals surface area contributed by atoms with Crippen LogP contribution in [0.15, 0.2) is 5.38 Å². The maximum absolute atomic E-state index is 12.1. The highest BCUT2D eigenvalue weighted by molar-refractivity contribution is 7.09. The minimum Gasteiger partial charge on any atom is -0.461 e. The lowest BCUT2D eigenvalue weighted by Crippen LogP contribution is -2.34. The molecule has 132 valence electrons. The quantitative estimate of drug-likeness (QED) is 0.733. The molecular weight excluding hydrogens is 361 g/mol. The van der Waals surface area contributed by atoms with Crippen LogP contribution in [0.25, 0.3) is 0 Å². The van der Waals surface area contributed by atoms with E-state index in [4.69, 9.17) is 10.5 Å². The van der Waals surface area contributed by atoms with Crippen molar-refractivity contribution in [2.75, 3.05) is 13.2 Å². The van der Waals surface area contributed by atoms with Gasteiger partial charge >= 0.3 is 5.97 Å². The van der Waals surface area contributed by atoms with E-state index >= 15 is 0 Å². The van der Waals surface area contributed by atoms with Gasteiger partial charge in [0.1, 0.15) is 5.01 Å². The van der Waals surface area contributed by atoms with Crippen LogP contribution in [-0.4, -0.2) is 30.0 Å². The zero-order valence-corrected chi connectivity index (χ0v) is 15.4.